The van der Waals surface area contributed by atoms with Crippen LogP contribution in [0.4, 0.5) is 5.82 Å². The Morgan fingerprint density at radius 2 is 1.95 bits per heavy atom. The van der Waals surface area contributed by atoms with Gasteiger partial charge in [-0.05, 0) is 29.8 Å². The molecule has 0 fully saturated rings. The molecule has 0 atom stereocenters. The first-order valence-electron chi connectivity index (χ1n) is 6.40. The maximum atomic E-state index is 11.9. The molecular formula is C15H15ClN4O. The fraction of sp³-hybridized carbons (Fsp3) is 0.133. The first-order valence-corrected chi connectivity index (χ1v) is 6.78. The zero-order valence-corrected chi connectivity index (χ0v) is 12.1. The van der Waals surface area contributed by atoms with Gasteiger partial charge < -0.3 is 10.6 Å². The lowest BCUT2D eigenvalue weighted by atomic mass is 10.2. The summed E-state index contributed by atoms with van der Waals surface area (Å²) < 4.78 is 0. The topological polar surface area (TPSA) is 66.9 Å². The molecule has 0 aliphatic rings. The van der Waals surface area contributed by atoms with E-state index in [0.29, 0.717) is 23.9 Å². The van der Waals surface area contributed by atoms with E-state index in [1.165, 1.54) is 0 Å². The van der Waals surface area contributed by atoms with E-state index in [-0.39, 0.29) is 11.6 Å². The van der Waals surface area contributed by atoms with E-state index < -0.39 is 0 Å². The lowest BCUT2D eigenvalue weighted by molar-refractivity contribution is 0.0945. The minimum atomic E-state index is -0.271. The predicted molar refractivity (Wildman–Crippen MR) is 83.3 cm³/mol. The summed E-state index contributed by atoms with van der Waals surface area (Å²) in [6, 6.07) is 10.6. The molecule has 0 radical (unpaired) electrons. The number of nitrogens with one attached hydrogen (secondary N) is 2. The molecule has 1 amide bonds. The molecule has 2 rings (SSSR count). The second-order valence-corrected chi connectivity index (χ2v) is 4.72. The summed E-state index contributed by atoms with van der Waals surface area (Å²) in [6.45, 7) is 4.60. The summed E-state index contributed by atoms with van der Waals surface area (Å²) in [5.74, 6) is 0.330. The van der Waals surface area contributed by atoms with Gasteiger partial charge in [-0.15, -0.1) is 16.8 Å². The Labute approximate surface area is 128 Å². The molecule has 21 heavy (non-hydrogen) atoms. The maximum absolute atomic E-state index is 11.9. The van der Waals surface area contributed by atoms with Gasteiger partial charge in [0.25, 0.3) is 5.91 Å². The molecule has 0 spiro atoms. The van der Waals surface area contributed by atoms with E-state index in [9.17, 15) is 4.79 Å². The van der Waals surface area contributed by atoms with Crippen LogP contribution in [0.15, 0.2) is 49.1 Å². The Morgan fingerprint density at radius 3 is 2.57 bits per heavy atom. The molecule has 0 bridgehead atoms. The number of amides is 1. The summed E-state index contributed by atoms with van der Waals surface area (Å²) in [7, 11) is 0. The van der Waals surface area contributed by atoms with Gasteiger partial charge in [0.1, 0.15) is 5.82 Å². The van der Waals surface area contributed by atoms with Crippen molar-refractivity contribution in [2.75, 3.05) is 11.9 Å². The minimum absolute atomic E-state index is 0.271. The highest BCUT2D eigenvalue weighted by atomic mass is 35.5. The van der Waals surface area contributed by atoms with Crippen molar-refractivity contribution in [3.05, 3.63) is 65.3 Å². The van der Waals surface area contributed by atoms with Crippen LogP contribution in [0.2, 0.25) is 5.02 Å². The van der Waals surface area contributed by atoms with Crippen LogP contribution in [-0.4, -0.2) is 22.6 Å². The van der Waals surface area contributed by atoms with Crippen LogP contribution >= 0.6 is 11.6 Å². The third-order valence-electron chi connectivity index (χ3n) is 2.69. The molecule has 1 heterocycles. The molecule has 2 aromatic rings. The zero-order chi connectivity index (χ0) is 15.1. The number of nitrogens with zero attached hydrogens (tertiary/aromatic N) is 2. The summed E-state index contributed by atoms with van der Waals surface area (Å²) >= 11 is 5.80. The molecular weight excluding hydrogens is 288 g/mol. The van der Waals surface area contributed by atoms with Crippen LogP contribution in [-0.2, 0) is 6.54 Å². The van der Waals surface area contributed by atoms with Crippen molar-refractivity contribution < 1.29 is 4.79 Å². The lowest BCUT2D eigenvalue weighted by Crippen LogP contribution is -2.24. The van der Waals surface area contributed by atoms with E-state index in [2.05, 4.69) is 27.4 Å². The van der Waals surface area contributed by atoms with Crippen molar-refractivity contribution in [1.29, 1.82) is 0 Å². The summed E-state index contributed by atoms with van der Waals surface area (Å²) in [4.78, 5) is 11.9. The third-order valence-corrected chi connectivity index (χ3v) is 2.94. The summed E-state index contributed by atoms with van der Waals surface area (Å²) in [6.07, 6.45) is 1.72. The number of anilines is 1. The largest absolute Gasteiger partial charge is 0.365 e. The van der Waals surface area contributed by atoms with Crippen molar-refractivity contribution in [3.8, 4) is 0 Å². The van der Waals surface area contributed by atoms with Crippen molar-refractivity contribution in [2.45, 2.75) is 6.54 Å². The number of carbonyl (C=O) groups is 1. The van der Waals surface area contributed by atoms with E-state index >= 15 is 0 Å². The molecule has 1 aromatic heterocycles. The average Bonchev–Trinajstić information content (AvgIpc) is 2.52. The summed E-state index contributed by atoms with van der Waals surface area (Å²) in [5.41, 5.74) is 1.23. The molecule has 0 saturated heterocycles. The number of halogens is 1. The quantitative estimate of drug-likeness (QED) is 0.805. The van der Waals surface area contributed by atoms with Crippen LogP contribution in [0.3, 0.4) is 0 Å². The second kappa shape index (κ2) is 7.40. The minimum Gasteiger partial charge on any atom is -0.365 e. The van der Waals surface area contributed by atoms with E-state index in [1.807, 2.05) is 12.1 Å². The number of aromatic nitrogens is 2. The number of rotatable bonds is 6. The van der Waals surface area contributed by atoms with Crippen LogP contribution < -0.4 is 10.6 Å². The highest BCUT2D eigenvalue weighted by Gasteiger charge is 2.07. The van der Waals surface area contributed by atoms with Gasteiger partial charge in [-0.2, -0.15) is 0 Å². The van der Waals surface area contributed by atoms with Gasteiger partial charge in [-0.1, -0.05) is 29.8 Å². The molecule has 0 aliphatic heterocycles. The second-order valence-electron chi connectivity index (χ2n) is 4.28. The first kappa shape index (κ1) is 15.0. The Balaban J connectivity index is 1.90. The Bertz CT molecular complexity index is 611. The van der Waals surface area contributed by atoms with Crippen LogP contribution in [0.1, 0.15) is 16.1 Å². The van der Waals surface area contributed by atoms with Gasteiger partial charge in [-0.3, -0.25) is 4.79 Å². The van der Waals surface area contributed by atoms with Crippen LogP contribution in [0.5, 0.6) is 0 Å². The number of hydrogen-bond acceptors (Lipinski definition) is 4. The zero-order valence-electron chi connectivity index (χ0n) is 11.3. The van der Waals surface area contributed by atoms with Crippen molar-refractivity contribution in [1.82, 2.24) is 15.5 Å². The average molecular weight is 303 g/mol. The van der Waals surface area contributed by atoms with Gasteiger partial charge in [0.2, 0.25) is 0 Å². The fourth-order valence-corrected chi connectivity index (χ4v) is 1.73. The van der Waals surface area contributed by atoms with E-state index in [0.717, 1.165) is 5.56 Å². The Morgan fingerprint density at radius 1 is 1.19 bits per heavy atom. The maximum Gasteiger partial charge on any atom is 0.272 e. The molecule has 5 nitrogen and oxygen atoms in total. The van der Waals surface area contributed by atoms with E-state index in [1.54, 1.807) is 30.3 Å². The van der Waals surface area contributed by atoms with Crippen molar-refractivity contribution in [3.63, 3.8) is 0 Å². The van der Waals surface area contributed by atoms with Crippen LogP contribution in [0, 0.1) is 0 Å². The number of hydrogen-bond donors (Lipinski definition) is 2. The molecule has 108 valence electrons. The first-order chi connectivity index (χ1) is 10.2. The van der Waals surface area contributed by atoms with Gasteiger partial charge in [-0.25, -0.2) is 0 Å². The molecule has 6 heteroatoms. The van der Waals surface area contributed by atoms with E-state index in [4.69, 9.17) is 11.6 Å². The monoisotopic (exact) mass is 302 g/mol. The standard InChI is InChI=1S/C15H15ClN4O/c1-2-9-17-14-8-7-13(19-20-14)15(21)18-10-11-3-5-12(16)6-4-11/h2-8H,1,9-10H2,(H,17,20)(H,18,21). The SMILES string of the molecule is C=CCNc1ccc(C(=O)NCc2ccc(Cl)cc2)nn1. The normalized spacial score (nSPS) is 9.95. The Kier molecular flexibility index (Phi) is 5.29. The van der Waals surface area contributed by atoms with Gasteiger partial charge in [0, 0.05) is 18.1 Å². The van der Waals surface area contributed by atoms with Crippen molar-refractivity contribution in [2.24, 2.45) is 0 Å². The predicted octanol–water partition coefficient (Wildman–Crippen LogP) is 2.66. The molecule has 0 unspecified atom stereocenters. The molecule has 1 aromatic carbocycles. The lowest BCUT2D eigenvalue weighted by Gasteiger charge is -2.05. The molecule has 0 aliphatic carbocycles. The highest BCUT2D eigenvalue weighted by Crippen LogP contribution is 2.09. The van der Waals surface area contributed by atoms with Gasteiger partial charge in [0.05, 0.1) is 0 Å². The third kappa shape index (κ3) is 4.57. The number of benzene rings is 1. The molecule has 0 saturated carbocycles. The van der Waals surface area contributed by atoms with Gasteiger partial charge in [0.15, 0.2) is 5.69 Å². The molecule has 2 N–H and O–H groups in total. The Hall–Kier alpha value is -2.40. The number of carbonyl (C=O) groups excluding carboxylic acids is 1. The highest BCUT2D eigenvalue weighted by molar-refractivity contribution is 6.30. The van der Waals surface area contributed by atoms with Crippen LogP contribution in [0.25, 0.3) is 0 Å². The van der Waals surface area contributed by atoms with Crippen molar-refractivity contribution >= 4 is 23.3 Å². The smallest absolute Gasteiger partial charge is 0.272 e. The summed E-state index contributed by atoms with van der Waals surface area (Å²) in [5, 5.41) is 14.2. The fourth-order valence-electron chi connectivity index (χ4n) is 1.60. The van der Waals surface area contributed by atoms with Gasteiger partial charge >= 0.3 is 0 Å².